The van der Waals surface area contributed by atoms with Crippen LogP contribution in [0.1, 0.15) is 27.2 Å². The number of hydrogen-bond donors (Lipinski definition) is 0. The van der Waals surface area contributed by atoms with Crippen LogP contribution in [0.2, 0.25) is 0 Å². The third-order valence-corrected chi connectivity index (χ3v) is 4.13. The van der Waals surface area contributed by atoms with Crippen LogP contribution in [0, 0.1) is 0 Å². The van der Waals surface area contributed by atoms with Crippen molar-refractivity contribution in [3.8, 4) is 5.75 Å². The lowest BCUT2D eigenvalue weighted by Gasteiger charge is -2.36. The molecule has 1 amide bonds. The summed E-state index contributed by atoms with van der Waals surface area (Å²) in [6.07, 6.45) is 4.32. The Hall–Kier alpha value is -1.98. The smallest absolute Gasteiger partial charge is 0.410 e. The number of carbonyl (C=O) groups is 1. The molecule has 2 fully saturated rings. The Balaban J connectivity index is 1.68. The highest BCUT2D eigenvalue weighted by atomic mass is 16.6. The average molecular weight is 305 g/mol. The van der Waals surface area contributed by atoms with Gasteiger partial charge in [-0.1, -0.05) is 0 Å². The van der Waals surface area contributed by atoms with Gasteiger partial charge < -0.3 is 19.3 Å². The van der Waals surface area contributed by atoms with E-state index in [2.05, 4.69) is 9.88 Å². The van der Waals surface area contributed by atoms with E-state index < -0.39 is 5.60 Å². The van der Waals surface area contributed by atoms with Gasteiger partial charge in [0.05, 0.1) is 31.2 Å². The van der Waals surface area contributed by atoms with Crippen molar-refractivity contribution < 1.29 is 14.3 Å². The van der Waals surface area contributed by atoms with Crippen molar-refractivity contribution in [2.75, 3.05) is 25.1 Å². The number of piperazine rings is 1. The van der Waals surface area contributed by atoms with Crippen LogP contribution in [0.5, 0.6) is 5.75 Å². The first-order valence-electron chi connectivity index (χ1n) is 7.62. The highest BCUT2D eigenvalue weighted by Crippen LogP contribution is 2.35. The minimum atomic E-state index is -0.449. The molecule has 6 heteroatoms. The first kappa shape index (κ1) is 14.9. The summed E-state index contributed by atoms with van der Waals surface area (Å²) in [4.78, 5) is 20.6. The number of ether oxygens (including phenoxy) is 2. The molecule has 0 aliphatic carbocycles. The normalized spacial score (nSPS) is 23.8. The summed E-state index contributed by atoms with van der Waals surface area (Å²) in [7, 11) is 1.64. The number of likely N-dealkylation sites (tertiary alicyclic amines) is 1. The highest BCUT2D eigenvalue weighted by molar-refractivity contribution is 5.70. The molecule has 22 heavy (non-hydrogen) atoms. The Bertz CT molecular complexity index is 570. The quantitative estimate of drug-likeness (QED) is 0.839. The predicted molar refractivity (Wildman–Crippen MR) is 83.3 cm³/mol. The highest BCUT2D eigenvalue weighted by Gasteiger charge is 2.46. The van der Waals surface area contributed by atoms with Gasteiger partial charge in [0.1, 0.15) is 11.4 Å². The van der Waals surface area contributed by atoms with Crippen LogP contribution >= 0.6 is 0 Å². The number of amides is 1. The van der Waals surface area contributed by atoms with Crippen molar-refractivity contribution in [1.82, 2.24) is 9.88 Å². The van der Waals surface area contributed by atoms with Crippen LogP contribution in [0.3, 0.4) is 0 Å². The lowest BCUT2D eigenvalue weighted by molar-refractivity contribution is 0.0214. The van der Waals surface area contributed by atoms with Crippen LogP contribution in [-0.4, -0.2) is 53.9 Å². The number of carbonyl (C=O) groups excluding carboxylic acids is 1. The van der Waals surface area contributed by atoms with Gasteiger partial charge in [-0.15, -0.1) is 0 Å². The van der Waals surface area contributed by atoms with Crippen molar-refractivity contribution in [2.45, 2.75) is 44.9 Å². The van der Waals surface area contributed by atoms with E-state index >= 15 is 0 Å². The second kappa shape index (κ2) is 5.34. The zero-order valence-corrected chi connectivity index (χ0v) is 13.6. The van der Waals surface area contributed by atoms with Gasteiger partial charge in [-0.3, -0.25) is 4.98 Å². The molecule has 2 bridgehead atoms. The summed E-state index contributed by atoms with van der Waals surface area (Å²) in [6, 6.07) is 2.53. The number of hydrogen-bond acceptors (Lipinski definition) is 5. The van der Waals surface area contributed by atoms with Crippen LogP contribution in [0.15, 0.2) is 18.5 Å². The fraction of sp³-hybridized carbons (Fsp3) is 0.625. The summed E-state index contributed by atoms with van der Waals surface area (Å²) < 4.78 is 10.7. The molecule has 1 aromatic heterocycles. The molecule has 0 radical (unpaired) electrons. The molecule has 0 aromatic carbocycles. The van der Waals surface area contributed by atoms with E-state index in [0.717, 1.165) is 24.4 Å². The van der Waals surface area contributed by atoms with Crippen LogP contribution < -0.4 is 9.64 Å². The number of aromatic nitrogens is 1. The van der Waals surface area contributed by atoms with Gasteiger partial charge in [-0.2, -0.15) is 0 Å². The lowest BCUT2D eigenvalue weighted by Crippen LogP contribution is -2.50. The van der Waals surface area contributed by atoms with Gasteiger partial charge in [0.25, 0.3) is 0 Å². The van der Waals surface area contributed by atoms with E-state index in [0.29, 0.717) is 12.6 Å². The van der Waals surface area contributed by atoms with E-state index in [1.54, 1.807) is 13.3 Å². The minimum absolute atomic E-state index is 0.205. The van der Waals surface area contributed by atoms with Crippen molar-refractivity contribution in [2.24, 2.45) is 0 Å². The summed E-state index contributed by atoms with van der Waals surface area (Å²) in [5.41, 5.74) is 0.602. The van der Waals surface area contributed by atoms with Crippen LogP contribution in [0.4, 0.5) is 10.5 Å². The largest absolute Gasteiger partial charge is 0.495 e. The summed E-state index contributed by atoms with van der Waals surface area (Å²) in [6.45, 7) is 7.21. The number of anilines is 1. The van der Waals surface area contributed by atoms with Gasteiger partial charge in [-0.25, -0.2) is 4.79 Å². The van der Waals surface area contributed by atoms with Gasteiger partial charge in [0, 0.05) is 25.2 Å². The van der Waals surface area contributed by atoms with Gasteiger partial charge in [0.2, 0.25) is 0 Å². The third kappa shape index (κ3) is 2.82. The number of methoxy groups -OCH3 is 1. The third-order valence-electron chi connectivity index (χ3n) is 4.13. The molecule has 0 saturated carbocycles. The van der Waals surface area contributed by atoms with E-state index in [-0.39, 0.29) is 12.1 Å². The first-order valence-corrected chi connectivity index (χ1v) is 7.62. The predicted octanol–water partition coefficient (Wildman–Crippen LogP) is 2.29. The number of pyridine rings is 1. The molecule has 2 aliphatic rings. The second-order valence-corrected chi connectivity index (χ2v) is 6.91. The second-order valence-electron chi connectivity index (χ2n) is 6.91. The molecule has 0 spiro atoms. The molecule has 0 N–H and O–H groups in total. The lowest BCUT2D eigenvalue weighted by atomic mass is 10.2. The molecular formula is C16H23N3O3. The summed E-state index contributed by atoms with van der Waals surface area (Å²) in [5.74, 6) is 0.754. The van der Waals surface area contributed by atoms with E-state index in [1.165, 1.54) is 0 Å². The minimum Gasteiger partial charge on any atom is -0.495 e. The summed E-state index contributed by atoms with van der Waals surface area (Å²) >= 11 is 0. The van der Waals surface area contributed by atoms with E-state index in [9.17, 15) is 4.79 Å². The Morgan fingerprint density at radius 2 is 2.05 bits per heavy atom. The maximum atomic E-state index is 12.2. The van der Waals surface area contributed by atoms with Crippen molar-refractivity contribution >= 4 is 11.8 Å². The fourth-order valence-corrected chi connectivity index (χ4v) is 3.20. The van der Waals surface area contributed by atoms with Crippen LogP contribution in [-0.2, 0) is 4.74 Å². The maximum absolute atomic E-state index is 12.2. The standard InChI is InChI=1S/C16H23N3O3/c1-16(2,3)22-15(20)19-10-12-5-13(19)9-18(12)11-6-14(21-4)8-17-7-11/h6-8,12-13H,5,9-10H2,1-4H3/t12-,13-/m1/s1. The van der Waals surface area contributed by atoms with E-state index in [4.69, 9.17) is 9.47 Å². The molecular weight excluding hydrogens is 282 g/mol. The van der Waals surface area contributed by atoms with Gasteiger partial charge >= 0.3 is 6.09 Å². The van der Waals surface area contributed by atoms with Gasteiger partial charge in [0.15, 0.2) is 0 Å². The zero-order chi connectivity index (χ0) is 15.9. The molecule has 3 heterocycles. The topological polar surface area (TPSA) is 54.9 Å². The van der Waals surface area contributed by atoms with Crippen molar-refractivity contribution in [3.05, 3.63) is 18.5 Å². The molecule has 3 rings (SSSR count). The number of nitrogens with zero attached hydrogens (tertiary/aromatic N) is 3. The maximum Gasteiger partial charge on any atom is 0.410 e. The molecule has 1 aromatic rings. The van der Waals surface area contributed by atoms with Crippen molar-refractivity contribution in [1.29, 1.82) is 0 Å². The molecule has 0 unspecified atom stereocenters. The molecule has 6 nitrogen and oxygen atoms in total. The zero-order valence-electron chi connectivity index (χ0n) is 13.6. The van der Waals surface area contributed by atoms with Crippen LogP contribution in [0.25, 0.3) is 0 Å². The average Bonchev–Trinajstić information content (AvgIpc) is 3.05. The Morgan fingerprint density at radius 3 is 2.64 bits per heavy atom. The summed E-state index contributed by atoms with van der Waals surface area (Å²) in [5, 5.41) is 0. The molecule has 2 atom stereocenters. The Kier molecular flexibility index (Phi) is 3.62. The molecule has 120 valence electrons. The Morgan fingerprint density at radius 1 is 1.27 bits per heavy atom. The fourth-order valence-electron chi connectivity index (χ4n) is 3.20. The van der Waals surface area contributed by atoms with Crippen molar-refractivity contribution in [3.63, 3.8) is 0 Å². The van der Waals surface area contributed by atoms with E-state index in [1.807, 2.05) is 37.9 Å². The number of rotatable bonds is 2. The first-order chi connectivity index (χ1) is 10.4. The SMILES string of the molecule is COc1cncc(N2C[C@H]3C[C@@H]2CN3C(=O)OC(C)(C)C)c1. The molecule has 2 aliphatic heterocycles. The molecule has 2 saturated heterocycles. The monoisotopic (exact) mass is 305 g/mol. The number of fused-ring (bicyclic) bond motifs is 2. The van der Waals surface area contributed by atoms with Gasteiger partial charge in [-0.05, 0) is 27.2 Å². The Labute approximate surface area is 131 Å².